The number of aromatic nitrogens is 1. The first kappa shape index (κ1) is 15.2. The van der Waals surface area contributed by atoms with Gasteiger partial charge in [0.25, 0.3) is 0 Å². The predicted molar refractivity (Wildman–Crippen MR) is 86.2 cm³/mol. The molecule has 1 heterocycles. The molecule has 1 aromatic heterocycles. The van der Waals surface area contributed by atoms with Gasteiger partial charge in [0, 0.05) is 22.5 Å². The molecule has 6 nitrogen and oxygen atoms in total. The minimum Gasteiger partial charge on any atom is -0.478 e. The molecule has 0 fully saturated rings. The van der Waals surface area contributed by atoms with Crippen molar-refractivity contribution in [2.45, 2.75) is 6.54 Å². The Labute approximate surface area is 134 Å². The van der Waals surface area contributed by atoms with Crippen LogP contribution in [0, 0.1) is 3.57 Å². The number of carboxylic acid groups (broad SMARTS) is 1. The lowest BCUT2D eigenvalue weighted by molar-refractivity contribution is 0.0698. The number of pyridine rings is 1. The zero-order chi connectivity index (χ0) is 15.2. The van der Waals surface area contributed by atoms with E-state index in [0.29, 0.717) is 6.54 Å². The molecule has 1 aromatic carbocycles. The second-order valence-electron chi connectivity index (χ2n) is 4.16. The number of hydrogen-bond acceptors (Lipinski definition) is 3. The van der Waals surface area contributed by atoms with E-state index in [1.807, 2.05) is 22.6 Å². The van der Waals surface area contributed by atoms with Crippen LogP contribution in [0.25, 0.3) is 0 Å². The molecule has 0 aliphatic heterocycles. The summed E-state index contributed by atoms with van der Waals surface area (Å²) in [4.78, 5) is 26.9. The van der Waals surface area contributed by atoms with Gasteiger partial charge < -0.3 is 15.7 Å². The van der Waals surface area contributed by atoms with Gasteiger partial charge in [0.05, 0.1) is 11.3 Å². The minimum atomic E-state index is -1.09. The average molecular weight is 397 g/mol. The normalized spacial score (nSPS) is 9.95. The third-order valence-electron chi connectivity index (χ3n) is 2.66. The summed E-state index contributed by atoms with van der Waals surface area (Å²) < 4.78 is 0.785. The molecule has 21 heavy (non-hydrogen) atoms. The van der Waals surface area contributed by atoms with Gasteiger partial charge in [-0.25, -0.2) is 9.59 Å². The van der Waals surface area contributed by atoms with Crippen LogP contribution in [0.5, 0.6) is 0 Å². The first-order valence-corrected chi connectivity index (χ1v) is 7.11. The van der Waals surface area contributed by atoms with Crippen molar-refractivity contribution in [1.29, 1.82) is 0 Å². The van der Waals surface area contributed by atoms with Crippen molar-refractivity contribution < 1.29 is 14.7 Å². The maximum absolute atomic E-state index is 11.8. The number of rotatable bonds is 4. The van der Waals surface area contributed by atoms with Crippen LogP contribution in [-0.2, 0) is 6.54 Å². The van der Waals surface area contributed by atoms with Crippen LogP contribution in [0.1, 0.15) is 15.9 Å². The van der Waals surface area contributed by atoms with Crippen molar-refractivity contribution in [3.63, 3.8) is 0 Å². The van der Waals surface area contributed by atoms with Gasteiger partial charge in [-0.05, 0) is 58.5 Å². The highest BCUT2D eigenvalue weighted by atomic mass is 127. The van der Waals surface area contributed by atoms with Gasteiger partial charge in [-0.2, -0.15) is 0 Å². The SMILES string of the molecule is O=C(NCc1ccncc1)Nc1ccc(I)cc1C(=O)O. The molecule has 2 aromatic rings. The fourth-order valence-electron chi connectivity index (χ4n) is 1.65. The highest BCUT2D eigenvalue weighted by Crippen LogP contribution is 2.18. The van der Waals surface area contributed by atoms with Crippen LogP contribution >= 0.6 is 22.6 Å². The average Bonchev–Trinajstić information content (AvgIpc) is 2.48. The molecule has 0 spiro atoms. The summed E-state index contributed by atoms with van der Waals surface area (Å²) >= 11 is 2.02. The molecule has 0 aliphatic carbocycles. The molecule has 7 heteroatoms. The van der Waals surface area contributed by atoms with E-state index in [1.165, 1.54) is 6.07 Å². The van der Waals surface area contributed by atoms with Crippen LogP contribution in [0.3, 0.4) is 0 Å². The third-order valence-corrected chi connectivity index (χ3v) is 3.33. The van der Waals surface area contributed by atoms with Crippen molar-refractivity contribution in [1.82, 2.24) is 10.3 Å². The van der Waals surface area contributed by atoms with E-state index in [0.717, 1.165) is 9.13 Å². The highest BCUT2D eigenvalue weighted by molar-refractivity contribution is 14.1. The summed E-state index contributed by atoms with van der Waals surface area (Å²) in [5.74, 6) is -1.09. The highest BCUT2D eigenvalue weighted by Gasteiger charge is 2.12. The van der Waals surface area contributed by atoms with Crippen molar-refractivity contribution in [3.8, 4) is 0 Å². The summed E-state index contributed by atoms with van der Waals surface area (Å²) in [5.41, 5.74) is 1.22. The lowest BCUT2D eigenvalue weighted by Gasteiger charge is -2.10. The number of carbonyl (C=O) groups is 2. The number of anilines is 1. The van der Waals surface area contributed by atoms with Crippen molar-refractivity contribution >= 4 is 40.3 Å². The Morgan fingerprint density at radius 2 is 1.90 bits per heavy atom. The standard InChI is InChI=1S/C14H12IN3O3/c15-10-1-2-12(11(7-10)13(19)20)18-14(21)17-8-9-3-5-16-6-4-9/h1-7H,8H2,(H,19,20)(H2,17,18,21). The molecule has 0 bridgehead atoms. The Balaban J connectivity index is 2.01. The van der Waals surface area contributed by atoms with E-state index in [9.17, 15) is 9.59 Å². The van der Waals surface area contributed by atoms with Crippen LogP contribution in [0.15, 0.2) is 42.7 Å². The zero-order valence-corrected chi connectivity index (χ0v) is 13.0. The summed E-state index contributed by atoms with van der Waals surface area (Å²) in [6, 6.07) is 7.90. The monoisotopic (exact) mass is 397 g/mol. The van der Waals surface area contributed by atoms with Gasteiger partial charge in [0.15, 0.2) is 0 Å². The molecule has 2 amide bonds. The van der Waals surface area contributed by atoms with Gasteiger partial charge in [0.2, 0.25) is 0 Å². The molecule has 0 saturated heterocycles. The molecule has 0 aliphatic rings. The number of carboxylic acids is 1. The Bertz CT molecular complexity index is 662. The number of urea groups is 1. The number of amides is 2. The van der Waals surface area contributed by atoms with Crippen LogP contribution in [-0.4, -0.2) is 22.1 Å². The smallest absolute Gasteiger partial charge is 0.337 e. The summed E-state index contributed by atoms with van der Waals surface area (Å²) in [6.07, 6.45) is 3.27. The molecule has 0 unspecified atom stereocenters. The largest absolute Gasteiger partial charge is 0.478 e. The topological polar surface area (TPSA) is 91.3 Å². The zero-order valence-electron chi connectivity index (χ0n) is 10.8. The Morgan fingerprint density at radius 1 is 1.19 bits per heavy atom. The van der Waals surface area contributed by atoms with Gasteiger partial charge >= 0.3 is 12.0 Å². The lowest BCUT2D eigenvalue weighted by Crippen LogP contribution is -2.28. The third kappa shape index (κ3) is 4.42. The van der Waals surface area contributed by atoms with Gasteiger partial charge in [-0.1, -0.05) is 0 Å². The second kappa shape index (κ2) is 7.02. The van der Waals surface area contributed by atoms with E-state index in [4.69, 9.17) is 5.11 Å². The van der Waals surface area contributed by atoms with Gasteiger partial charge in [0.1, 0.15) is 0 Å². The fourth-order valence-corrected chi connectivity index (χ4v) is 2.14. The molecule has 3 N–H and O–H groups in total. The first-order valence-electron chi connectivity index (χ1n) is 6.03. The second-order valence-corrected chi connectivity index (χ2v) is 5.40. The van der Waals surface area contributed by atoms with Gasteiger partial charge in [-0.3, -0.25) is 4.98 Å². The van der Waals surface area contributed by atoms with Crippen LogP contribution in [0.2, 0.25) is 0 Å². The number of hydrogen-bond donors (Lipinski definition) is 3. The van der Waals surface area contributed by atoms with Crippen molar-refractivity contribution in [2.75, 3.05) is 5.32 Å². The van der Waals surface area contributed by atoms with Gasteiger partial charge in [-0.15, -0.1) is 0 Å². The number of halogens is 1. The maximum Gasteiger partial charge on any atom is 0.337 e. The summed E-state index contributed by atoms with van der Waals surface area (Å²) in [5, 5.41) is 14.3. The lowest BCUT2D eigenvalue weighted by atomic mass is 10.2. The predicted octanol–water partition coefficient (Wildman–Crippen LogP) is 2.71. The number of nitrogens with one attached hydrogen (secondary N) is 2. The quantitative estimate of drug-likeness (QED) is 0.692. The van der Waals surface area contributed by atoms with Crippen LogP contribution < -0.4 is 10.6 Å². The Hall–Kier alpha value is -2.16. The first-order chi connectivity index (χ1) is 10.1. The number of carbonyl (C=O) groups excluding carboxylic acids is 1. The van der Waals surface area contributed by atoms with E-state index in [-0.39, 0.29) is 11.3 Å². The maximum atomic E-state index is 11.8. The van der Waals surface area contributed by atoms with Crippen molar-refractivity contribution in [2.24, 2.45) is 0 Å². The van der Waals surface area contributed by atoms with Crippen LogP contribution in [0.4, 0.5) is 10.5 Å². The van der Waals surface area contributed by atoms with E-state index in [2.05, 4.69) is 15.6 Å². The molecule has 2 rings (SSSR count). The molecular formula is C14H12IN3O3. The van der Waals surface area contributed by atoms with Crippen molar-refractivity contribution in [3.05, 3.63) is 57.4 Å². The fraction of sp³-hybridized carbons (Fsp3) is 0.0714. The summed E-state index contributed by atoms with van der Waals surface area (Å²) in [7, 11) is 0. The summed E-state index contributed by atoms with van der Waals surface area (Å²) in [6.45, 7) is 0.334. The van der Waals surface area contributed by atoms with E-state index in [1.54, 1.807) is 36.7 Å². The Morgan fingerprint density at radius 3 is 2.57 bits per heavy atom. The molecule has 108 valence electrons. The molecule has 0 atom stereocenters. The number of aromatic carboxylic acids is 1. The minimum absolute atomic E-state index is 0.0564. The Kier molecular flexibility index (Phi) is 5.09. The molecule has 0 radical (unpaired) electrons. The molecule has 0 saturated carbocycles. The molecular weight excluding hydrogens is 385 g/mol. The van der Waals surface area contributed by atoms with E-state index >= 15 is 0 Å². The number of benzene rings is 1. The number of nitrogens with zero attached hydrogens (tertiary/aromatic N) is 1. The van der Waals surface area contributed by atoms with E-state index < -0.39 is 12.0 Å².